The van der Waals surface area contributed by atoms with Crippen molar-refractivity contribution < 1.29 is 4.79 Å². The number of rotatable bonds is 4. The van der Waals surface area contributed by atoms with Crippen molar-refractivity contribution in [2.24, 2.45) is 0 Å². The molecule has 0 bridgehead atoms. The van der Waals surface area contributed by atoms with Gasteiger partial charge in [-0.2, -0.15) is 0 Å². The second kappa shape index (κ2) is 7.11. The van der Waals surface area contributed by atoms with Crippen molar-refractivity contribution in [3.05, 3.63) is 56.4 Å². The molecule has 3 nitrogen and oxygen atoms in total. The van der Waals surface area contributed by atoms with E-state index < -0.39 is 0 Å². The summed E-state index contributed by atoms with van der Waals surface area (Å²) in [6.07, 6.45) is 0. The largest absolute Gasteiger partial charge is 0.375 e. The maximum absolute atomic E-state index is 11.8. The van der Waals surface area contributed by atoms with Crippen LogP contribution in [0.15, 0.2) is 51.4 Å². The number of hydrogen-bond acceptors (Lipinski definition) is 2. The van der Waals surface area contributed by atoms with Gasteiger partial charge < -0.3 is 10.6 Å². The monoisotopic (exact) mass is 416 g/mol. The van der Waals surface area contributed by atoms with Gasteiger partial charge in [0.1, 0.15) is 0 Å². The summed E-state index contributed by atoms with van der Waals surface area (Å²) in [7, 11) is 0. The predicted octanol–water partition coefficient (Wildman–Crippen LogP) is 4.92. The molecule has 104 valence electrons. The Labute approximate surface area is 139 Å². The molecule has 0 heterocycles. The Morgan fingerprint density at radius 2 is 1.95 bits per heavy atom. The van der Waals surface area contributed by atoms with Crippen molar-refractivity contribution in [1.82, 2.24) is 0 Å². The first kappa shape index (κ1) is 15.4. The van der Waals surface area contributed by atoms with Crippen molar-refractivity contribution in [3.63, 3.8) is 0 Å². The van der Waals surface area contributed by atoms with E-state index in [4.69, 9.17) is 11.6 Å². The van der Waals surface area contributed by atoms with Gasteiger partial charge in [0.25, 0.3) is 0 Å². The van der Waals surface area contributed by atoms with Crippen LogP contribution in [0.25, 0.3) is 0 Å². The Morgan fingerprint density at radius 3 is 2.65 bits per heavy atom. The highest BCUT2D eigenvalue weighted by Crippen LogP contribution is 2.25. The molecular formula is C14H11Br2ClN2O. The minimum Gasteiger partial charge on any atom is -0.375 e. The summed E-state index contributed by atoms with van der Waals surface area (Å²) in [6.45, 7) is 0.173. The van der Waals surface area contributed by atoms with Crippen molar-refractivity contribution in [2.45, 2.75) is 0 Å². The second-order valence-electron chi connectivity index (χ2n) is 4.04. The predicted molar refractivity (Wildman–Crippen MR) is 90.4 cm³/mol. The SMILES string of the molecule is O=C(CNc1ccc(Cl)cc1Br)Nc1cccc(Br)c1. The molecule has 0 unspecified atom stereocenters. The van der Waals surface area contributed by atoms with E-state index in [9.17, 15) is 4.79 Å². The molecule has 0 saturated carbocycles. The lowest BCUT2D eigenvalue weighted by molar-refractivity contribution is -0.114. The van der Waals surface area contributed by atoms with Gasteiger partial charge >= 0.3 is 0 Å². The zero-order valence-electron chi connectivity index (χ0n) is 10.3. The number of nitrogens with one attached hydrogen (secondary N) is 2. The molecule has 0 radical (unpaired) electrons. The van der Waals surface area contributed by atoms with E-state index in [2.05, 4.69) is 42.5 Å². The third kappa shape index (κ3) is 4.51. The lowest BCUT2D eigenvalue weighted by Crippen LogP contribution is -2.21. The number of halogens is 3. The van der Waals surface area contributed by atoms with E-state index >= 15 is 0 Å². The molecule has 0 saturated heterocycles. The summed E-state index contributed by atoms with van der Waals surface area (Å²) in [5, 5.41) is 6.50. The minimum absolute atomic E-state index is 0.120. The second-order valence-corrected chi connectivity index (χ2v) is 6.24. The molecule has 0 fully saturated rings. The molecular weight excluding hydrogens is 407 g/mol. The van der Waals surface area contributed by atoms with Crippen LogP contribution in [0, 0.1) is 0 Å². The Kier molecular flexibility index (Phi) is 5.46. The average molecular weight is 419 g/mol. The van der Waals surface area contributed by atoms with Crippen molar-refractivity contribution in [3.8, 4) is 0 Å². The third-order valence-corrected chi connectivity index (χ3v) is 3.86. The number of amides is 1. The first-order valence-electron chi connectivity index (χ1n) is 5.79. The van der Waals surface area contributed by atoms with E-state index in [1.165, 1.54) is 0 Å². The molecule has 2 aromatic carbocycles. The zero-order valence-corrected chi connectivity index (χ0v) is 14.2. The molecule has 0 aliphatic carbocycles. The normalized spacial score (nSPS) is 10.2. The molecule has 0 aromatic heterocycles. The van der Waals surface area contributed by atoms with Gasteiger partial charge in [0.2, 0.25) is 5.91 Å². The average Bonchev–Trinajstić information content (AvgIpc) is 2.37. The third-order valence-electron chi connectivity index (χ3n) is 2.48. The van der Waals surface area contributed by atoms with Crippen molar-refractivity contribution in [2.75, 3.05) is 17.2 Å². The quantitative estimate of drug-likeness (QED) is 0.740. The summed E-state index contributed by atoms with van der Waals surface area (Å²) in [5.41, 5.74) is 1.57. The summed E-state index contributed by atoms with van der Waals surface area (Å²) < 4.78 is 1.74. The van der Waals surface area contributed by atoms with E-state index in [0.29, 0.717) is 5.02 Å². The fraction of sp³-hybridized carbons (Fsp3) is 0.0714. The Bertz CT molecular complexity index is 634. The molecule has 6 heteroatoms. The van der Waals surface area contributed by atoms with Crippen LogP contribution in [0.5, 0.6) is 0 Å². The molecule has 0 aliphatic rings. The molecule has 2 aromatic rings. The highest BCUT2D eigenvalue weighted by atomic mass is 79.9. The Balaban J connectivity index is 1.92. The standard InChI is InChI=1S/C14H11Br2ClN2O/c15-9-2-1-3-11(6-9)19-14(20)8-18-13-5-4-10(17)7-12(13)16/h1-7,18H,8H2,(H,19,20). The summed E-state index contributed by atoms with van der Waals surface area (Å²) in [4.78, 5) is 11.8. The number of benzene rings is 2. The van der Waals surface area contributed by atoms with Crippen LogP contribution in [0.4, 0.5) is 11.4 Å². The number of hydrogen-bond donors (Lipinski definition) is 2. The number of carbonyl (C=O) groups excluding carboxylic acids is 1. The van der Waals surface area contributed by atoms with Crippen LogP contribution < -0.4 is 10.6 Å². The fourth-order valence-electron chi connectivity index (χ4n) is 1.58. The van der Waals surface area contributed by atoms with E-state index in [-0.39, 0.29) is 12.5 Å². The maximum atomic E-state index is 11.8. The first-order chi connectivity index (χ1) is 9.54. The van der Waals surface area contributed by atoms with Crippen LogP contribution in [0.3, 0.4) is 0 Å². The molecule has 0 atom stereocenters. The van der Waals surface area contributed by atoms with Gasteiger partial charge in [-0.3, -0.25) is 4.79 Å². The fourth-order valence-corrected chi connectivity index (χ4v) is 2.80. The van der Waals surface area contributed by atoms with E-state index in [1.807, 2.05) is 30.3 Å². The minimum atomic E-state index is -0.120. The Morgan fingerprint density at radius 1 is 1.15 bits per heavy atom. The van der Waals surface area contributed by atoms with Crippen LogP contribution in [0.2, 0.25) is 5.02 Å². The molecule has 2 rings (SSSR count). The molecule has 0 aliphatic heterocycles. The summed E-state index contributed by atoms with van der Waals surface area (Å²) in [6, 6.07) is 12.8. The van der Waals surface area contributed by atoms with Crippen LogP contribution in [0.1, 0.15) is 0 Å². The lowest BCUT2D eigenvalue weighted by Gasteiger charge is -2.09. The van der Waals surface area contributed by atoms with E-state index in [0.717, 1.165) is 20.3 Å². The molecule has 20 heavy (non-hydrogen) atoms. The van der Waals surface area contributed by atoms with Gasteiger partial charge in [0.15, 0.2) is 0 Å². The number of anilines is 2. The number of carbonyl (C=O) groups is 1. The van der Waals surface area contributed by atoms with Gasteiger partial charge in [0.05, 0.1) is 6.54 Å². The van der Waals surface area contributed by atoms with Gasteiger partial charge in [-0.25, -0.2) is 0 Å². The van der Waals surface area contributed by atoms with Crippen LogP contribution >= 0.6 is 43.5 Å². The Hall–Kier alpha value is -1.04. The van der Waals surface area contributed by atoms with Crippen molar-refractivity contribution in [1.29, 1.82) is 0 Å². The van der Waals surface area contributed by atoms with Crippen LogP contribution in [-0.2, 0) is 4.79 Å². The first-order valence-corrected chi connectivity index (χ1v) is 7.75. The van der Waals surface area contributed by atoms with Gasteiger partial charge in [0, 0.05) is 25.3 Å². The highest BCUT2D eigenvalue weighted by Gasteiger charge is 2.05. The van der Waals surface area contributed by atoms with Crippen molar-refractivity contribution >= 4 is 60.7 Å². The van der Waals surface area contributed by atoms with Gasteiger partial charge in [-0.1, -0.05) is 33.6 Å². The molecule has 1 amide bonds. The van der Waals surface area contributed by atoms with E-state index in [1.54, 1.807) is 12.1 Å². The van der Waals surface area contributed by atoms with Gasteiger partial charge in [-0.05, 0) is 52.3 Å². The topological polar surface area (TPSA) is 41.1 Å². The lowest BCUT2D eigenvalue weighted by atomic mass is 10.3. The van der Waals surface area contributed by atoms with Crippen LogP contribution in [-0.4, -0.2) is 12.5 Å². The molecule has 2 N–H and O–H groups in total. The smallest absolute Gasteiger partial charge is 0.243 e. The maximum Gasteiger partial charge on any atom is 0.243 e. The van der Waals surface area contributed by atoms with Gasteiger partial charge in [-0.15, -0.1) is 0 Å². The molecule has 0 spiro atoms. The summed E-state index contributed by atoms with van der Waals surface area (Å²) in [5.74, 6) is -0.120. The summed E-state index contributed by atoms with van der Waals surface area (Å²) >= 11 is 12.6. The highest BCUT2D eigenvalue weighted by molar-refractivity contribution is 9.10. The zero-order chi connectivity index (χ0) is 14.5.